The molecule has 0 aliphatic carbocycles. The van der Waals surface area contributed by atoms with Gasteiger partial charge in [0.1, 0.15) is 0 Å². The Hall–Kier alpha value is -0.620. The van der Waals surface area contributed by atoms with Crippen molar-refractivity contribution in [2.45, 2.75) is 26.4 Å². The van der Waals surface area contributed by atoms with Crippen molar-refractivity contribution in [1.29, 1.82) is 0 Å². The summed E-state index contributed by atoms with van der Waals surface area (Å²) in [4.78, 5) is 4.38. The van der Waals surface area contributed by atoms with Crippen LogP contribution >= 0.6 is 39.1 Å². The Kier molecular flexibility index (Phi) is 5.43. The van der Waals surface area contributed by atoms with E-state index in [1.807, 2.05) is 18.5 Å². The molecule has 0 radical (unpaired) electrons. The third-order valence-corrected chi connectivity index (χ3v) is 4.04. The number of aromatic nitrogens is 3. The second-order valence-electron chi connectivity index (χ2n) is 4.20. The first-order valence-electron chi connectivity index (χ1n) is 6.34. The molecule has 2 aromatic heterocycles. The summed E-state index contributed by atoms with van der Waals surface area (Å²) in [5.74, 6) is 0. The summed E-state index contributed by atoms with van der Waals surface area (Å²) >= 11 is 15.8. The highest BCUT2D eigenvalue weighted by Crippen LogP contribution is 2.32. The standard InChI is InChI=1S/C13H15BrCl2N4/c1-3-17-12(11-10(16)5-8(15)6-18-11)13-9(14)7-19-20(13)4-2/h5-7,12,17H,3-4H2,1-2H3. The lowest BCUT2D eigenvalue weighted by Crippen LogP contribution is -2.26. The number of aryl methyl sites for hydroxylation is 1. The molecule has 2 rings (SSSR count). The molecule has 0 bridgehead atoms. The average molecular weight is 378 g/mol. The van der Waals surface area contributed by atoms with Gasteiger partial charge in [-0.15, -0.1) is 0 Å². The Bertz CT molecular complexity index is 600. The highest BCUT2D eigenvalue weighted by molar-refractivity contribution is 9.10. The predicted molar refractivity (Wildman–Crippen MR) is 85.4 cm³/mol. The topological polar surface area (TPSA) is 42.7 Å². The maximum Gasteiger partial charge on any atom is 0.0948 e. The van der Waals surface area contributed by atoms with E-state index in [1.165, 1.54) is 0 Å². The molecule has 20 heavy (non-hydrogen) atoms. The Morgan fingerprint density at radius 2 is 2.10 bits per heavy atom. The minimum Gasteiger partial charge on any atom is -0.304 e. The molecular weight excluding hydrogens is 363 g/mol. The summed E-state index contributed by atoms with van der Waals surface area (Å²) in [7, 11) is 0. The highest BCUT2D eigenvalue weighted by Gasteiger charge is 2.24. The molecule has 0 fully saturated rings. The average Bonchev–Trinajstić information content (AvgIpc) is 2.78. The number of nitrogens with one attached hydrogen (secondary N) is 1. The summed E-state index contributed by atoms with van der Waals surface area (Å²) < 4.78 is 2.85. The molecule has 108 valence electrons. The lowest BCUT2D eigenvalue weighted by Gasteiger charge is -2.20. The Balaban J connectivity index is 2.53. The fraction of sp³-hybridized carbons (Fsp3) is 0.385. The first-order chi connectivity index (χ1) is 9.58. The van der Waals surface area contributed by atoms with Crippen molar-refractivity contribution < 1.29 is 0 Å². The van der Waals surface area contributed by atoms with Crippen LogP contribution < -0.4 is 5.32 Å². The number of pyridine rings is 1. The third kappa shape index (κ3) is 3.17. The largest absolute Gasteiger partial charge is 0.304 e. The van der Waals surface area contributed by atoms with Gasteiger partial charge in [-0.2, -0.15) is 5.10 Å². The van der Waals surface area contributed by atoms with Crippen LogP contribution in [-0.2, 0) is 6.54 Å². The molecule has 0 saturated heterocycles. The van der Waals surface area contributed by atoms with Gasteiger partial charge in [-0.3, -0.25) is 9.67 Å². The van der Waals surface area contributed by atoms with Gasteiger partial charge in [0.05, 0.1) is 38.1 Å². The second kappa shape index (κ2) is 6.89. The van der Waals surface area contributed by atoms with Crippen LogP contribution in [-0.4, -0.2) is 21.3 Å². The SMILES string of the molecule is CCNC(c1ncc(Cl)cc1Cl)c1c(Br)cnn1CC. The van der Waals surface area contributed by atoms with Crippen LogP contribution in [0.4, 0.5) is 0 Å². The zero-order chi connectivity index (χ0) is 14.7. The molecule has 0 aliphatic heterocycles. The van der Waals surface area contributed by atoms with Crippen molar-refractivity contribution >= 4 is 39.1 Å². The maximum absolute atomic E-state index is 6.29. The van der Waals surface area contributed by atoms with Gasteiger partial charge >= 0.3 is 0 Å². The van der Waals surface area contributed by atoms with Gasteiger partial charge in [0.15, 0.2) is 0 Å². The van der Waals surface area contributed by atoms with E-state index in [0.29, 0.717) is 10.0 Å². The molecule has 1 atom stereocenters. The number of nitrogens with zero attached hydrogens (tertiary/aromatic N) is 3. The van der Waals surface area contributed by atoms with Crippen LogP contribution in [0.2, 0.25) is 10.0 Å². The van der Waals surface area contributed by atoms with Crippen LogP contribution in [0.5, 0.6) is 0 Å². The van der Waals surface area contributed by atoms with E-state index in [0.717, 1.165) is 29.0 Å². The normalized spacial score (nSPS) is 12.7. The third-order valence-electron chi connectivity index (χ3n) is 2.92. The number of hydrogen-bond donors (Lipinski definition) is 1. The molecule has 4 nitrogen and oxygen atoms in total. The zero-order valence-electron chi connectivity index (χ0n) is 11.2. The number of hydrogen-bond acceptors (Lipinski definition) is 3. The smallest absolute Gasteiger partial charge is 0.0948 e. The first-order valence-corrected chi connectivity index (χ1v) is 7.88. The number of halogens is 3. The van der Waals surface area contributed by atoms with Gasteiger partial charge in [0.2, 0.25) is 0 Å². The molecule has 1 N–H and O–H groups in total. The molecular formula is C13H15BrCl2N4. The summed E-state index contributed by atoms with van der Waals surface area (Å²) in [5, 5.41) is 8.81. The van der Waals surface area contributed by atoms with Gasteiger partial charge in [-0.25, -0.2) is 0 Å². The molecule has 0 aliphatic rings. The van der Waals surface area contributed by atoms with Crippen LogP contribution in [0.15, 0.2) is 22.9 Å². The summed E-state index contributed by atoms with van der Waals surface area (Å²) in [6.07, 6.45) is 3.39. The van der Waals surface area contributed by atoms with Gasteiger partial charge in [0.25, 0.3) is 0 Å². The fourth-order valence-electron chi connectivity index (χ4n) is 2.08. The van der Waals surface area contributed by atoms with Crippen LogP contribution in [0, 0.1) is 0 Å². The van der Waals surface area contributed by atoms with E-state index >= 15 is 0 Å². The first kappa shape index (κ1) is 15.8. The zero-order valence-corrected chi connectivity index (χ0v) is 14.3. The van der Waals surface area contributed by atoms with Crippen molar-refractivity contribution in [3.8, 4) is 0 Å². The molecule has 2 aromatic rings. The van der Waals surface area contributed by atoms with Gasteiger partial charge < -0.3 is 5.32 Å². The molecule has 2 heterocycles. The van der Waals surface area contributed by atoms with E-state index in [-0.39, 0.29) is 6.04 Å². The van der Waals surface area contributed by atoms with Crippen LogP contribution in [0.3, 0.4) is 0 Å². The molecule has 0 spiro atoms. The monoisotopic (exact) mass is 376 g/mol. The van der Waals surface area contributed by atoms with Crippen molar-refractivity contribution in [2.75, 3.05) is 6.54 Å². The Labute approximate surface area is 136 Å². The van der Waals surface area contributed by atoms with Crippen molar-refractivity contribution in [1.82, 2.24) is 20.1 Å². The molecule has 7 heteroatoms. The summed E-state index contributed by atoms with van der Waals surface area (Å²) in [6, 6.07) is 1.57. The van der Waals surface area contributed by atoms with Gasteiger partial charge in [-0.05, 0) is 35.5 Å². The lowest BCUT2D eigenvalue weighted by atomic mass is 10.1. The molecule has 0 saturated carbocycles. The van der Waals surface area contributed by atoms with Crippen molar-refractivity contribution in [3.05, 3.63) is 44.4 Å². The van der Waals surface area contributed by atoms with Crippen molar-refractivity contribution in [2.24, 2.45) is 0 Å². The van der Waals surface area contributed by atoms with E-state index < -0.39 is 0 Å². The second-order valence-corrected chi connectivity index (χ2v) is 5.90. The minimum atomic E-state index is -0.137. The van der Waals surface area contributed by atoms with Gasteiger partial charge in [0, 0.05) is 12.7 Å². The quantitative estimate of drug-likeness (QED) is 0.853. The Morgan fingerprint density at radius 3 is 2.70 bits per heavy atom. The Morgan fingerprint density at radius 1 is 1.35 bits per heavy atom. The molecule has 0 amide bonds. The van der Waals surface area contributed by atoms with E-state index in [9.17, 15) is 0 Å². The van der Waals surface area contributed by atoms with Crippen LogP contribution in [0.25, 0.3) is 0 Å². The molecule has 0 aromatic carbocycles. The molecule has 1 unspecified atom stereocenters. The fourth-order valence-corrected chi connectivity index (χ4v) is 3.09. The lowest BCUT2D eigenvalue weighted by molar-refractivity contribution is 0.533. The maximum atomic E-state index is 6.29. The van der Waals surface area contributed by atoms with Crippen LogP contribution in [0.1, 0.15) is 31.3 Å². The van der Waals surface area contributed by atoms with E-state index in [4.69, 9.17) is 23.2 Å². The van der Waals surface area contributed by atoms with E-state index in [1.54, 1.807) is 18.5 Å². The highest BCUT2D eigenvalue weighted by atomic mass is 79.9. The predicted octanol–water partition coefficient (Wildman–Crippen LogP) is 4.07. The minimum absolute atomic E-state index is 0.137. The summed E-state index contributed by atoms with van der Waals surface area (Å²) in [5.41, 5.74) is 1.75. The van der Waals surface area contributed by atoms with Crippen molar-refractivity contribution in [3.63, 3.8) is 0 Å². The number of rotatable bonds is 5. The van der Waals surface area contributed by atoms with Gasteiger partial charge in [-0.1, -0.05) is 30.1 Å². The summed E-state index contributed by atoms with van der Waals surface area (Å²) in [6.45, 7) is 5.64. The van der Waals surface area contributed by atoms with E-state index in [2.05, 4.69) is 31.3 Å².